The first-order valence-corrected chi connectivity index (χ1v) is 8.71. The Kier molecular flexibility index (Phi) is 5.35. The molecule has 0 bridgehead atoms. The van der Waals surface area contributed by atoms with Gasteiger partial charge in [0.2, 0.25) is 5.91 Å². The lowest BCUT2D eigenvalue weighted by Gasteiger charge is -2.07. The number of carbonyl (C=O) groups is 1. The second-order valence-electron chi connectivity index (χ2n) is 5.55. The van der Waals surface area contributed by atoms with E-state index in [1.807, 2.05) is 11.4 Å². The van der Waals surface area contributed by atoms with Crippen LogP contribution in [0.15, 0.2) is 53.9 Å². The summed E-state index contributed by atoms with van der Waals surface area (Å²) >= 11 is 1.43. The zero-order valence-electron chi connectivity index (χ0n) is 13.7. The molecule has 132 valence electrons. The summed E-state index contributed by atoms with van der Waals surface area (Å²) in [5.41, 5.74) is 8.34. The van der Waals surface area contributed by atoms with Crippen LogP contribution in [0.3, 0.4) is 0 Å². The van der Waals surface area contributed by atoms with E-state index in [9.17, 15) is 14.9 Å². The number of nitrogens with zero attached hydrogens (tertiary/aromatic N) is 2. The van der Waals surface area contributed by atoms with Crippen LogP contribution in [0, 0.1) is 10.1 Å². The van der Waals surface area contributed by atoms with Crippen LogP contribution in [0.4, 0.5) is 11.4 Å². The third kappa shape index (κ3) is 4.29. The van der Waals surface area contributed by atoms with Crippen molar-refractivity contribution in [1.29, 1.82) is 0 Å². The number of hydrogen-bond donors (Lipinski definition) is 2. The zero-order valence-corrected chi connectivity index (χ0v) is 14.5. The Hall–Kier alpha value is -3.10. The van der Waals surface area contributed by atoms with Crippen molar-refractivity contribution < 1.29 is 9.72 Å². The Labute approximate surface area is 153 Å². The predicted molar refractivity (Wildman–Crippen MR) is 101 cm³/mol. The lowest BCUT2D eigenvalue weighted by molar-refractivity contribution is -0.384. The molecule has 0 unspecified atom stereocenters. The molecular weight excluding hydrogens is 352 g/mol. The average molecular weight is 368 g/mol. The van der Waals surface area contributed by atoms with Gasteiger partial charge in [-0.25, -0.2) is 4.98 Å². The number of nitro groups is 1. The van der Waals surface area contributed by atoms with E-state index in [1.165, 1.54) is 23.5 Å². The van der Waals surface area contributed by atoms with Crippen LogP contribution in [-0.4, -0.2) is 15.8 Å². The largest absolute Gasteiger partial charge is 0.326 e. The topological polar surface area (TPSA) is 111 Å². The van der Waals surface area contributed by atoms with E-state index in [2.05, 4.69) is 10.3 Å². The van der Waals surface area contributed by atoms with Crippen molar-refractivity contribution in [2.75, 3.05) is 5.32 Å². The zero-order chi connectivity index (χ0) is 18.5. The van der Waals surface area contributed by atoms with Gasteiger partial charge in [-0.15, -0.1) is 11.3 Å². The van der Waals surface area contributed by atoms with Crippen LogP contribution in [0.2, 0.25) is 0 Å². The summed E-state index contributed by atoms with van der Waals surface area (Å²) in [4.78, 5) is 27.0. The molecule has 1 amide bonds. The van der Waals surface area contributed by atoms with Gasteiger partial charge in [0, 0.05) is 29.7 Å². The van der Waals surface area contributed by atoms with E-state index >= 15 is 0 Å². The molecule has 2 aromatic carbocycles. The molecule has 26 heavy (non-hydrogen) atoms. The number of benzene rings is 2. The summed E-state index contributed by atoms with van der Waals surface area (Å²) in [5, 5.41) is 16.4. The van der Waals surface area contributed by atoms with Gasteiger partial charge < -0.3 is 11.1 Å². The summed E-state index contributed by atoms with van der Waals surface area (Å²) in [6.45, 7) is 0.359. The number of amides is 1. The summed E-state index contributed by atoms with van der Waals surface area (Å²) in [7, 11) is 0. The van der Waals surface area contributed by atoms with Crippen molar-refractivity contribution >= 4 is 28.6 Å². The summed E-state index contributed by atoms with van der Waals surface area (Å²) in [5.74, 6) is -0.185. The molecule has 1 heterocycles. The molecule has 0 aliphatic heterocycles. The second kappa shape index (κ2) is 7.85. The number of rotatable bonds is 6. The number of hydrogen-bond acceptors (Lipinski definition) is 6. The van der Waals surface area contributed by atoms with Crippen molar-refractivity contribution in [3.05, 3.63) is 74.7 Å². The molecule has 0 fully saturated rings. The monoisotopic (exact) mass is 368 g/mol. The first-order valence-electron chi connectivity index (χ1n) is 7.83. The van der Waals surface area contributed by atoms with Crippen molar-refractivity contribution in [3.63, 3.8) is 0 Å². The molecule has 0 aliphatic rings. The Bertz CT molecular complexity index is 955. The maximum absolute atomic E-state index is 12.2. The first kappa shape index (κ1) is 17.7. The maximum atomic E-state index is 12.2. The molecule has 3 N–H and O–H groups in total. The minimum atomic E-state index is -0.432. The summed E-state index contributed by atoms with van der Waals surface area (Å²) in [6.07, 6.45) is 0.164. The van der Waals surface area contributed by atoms with Crippen molar-refractivity contribution in [2.45, 2.75) is 13.0 Å². The van der Waals surface area contributed by atoms with Crippen molar-refractivity contribution in [2.24, 2.45) is 5.73 Å². The number of nitro benzene ring substituents is 1. The number of aromatic nitrogens is 1. The fourth-order valence-electron chi connectivity index (χ4n) is 2.47. The molecule has 0 saturated carbocycles. The minimum absolute atomic E-state index is 0.0242. The Morgan fingerprint density at radius 3 is 2.62 bits per heavy atom. The van der Waals surface area contributed by atoms with E-state index in [-0.39, 0.29) is 18.0 Å². The summed E-state index contributed by atoms with van der Waals surface area (Å²) in [6, 6.07) is 13.5. The molecular formula is C18H16N4O3S. The molecule has 0 radical (unpaired) electrons. The molecule has 3 aromatic rings. The Balaban J connectivity index is 1.73. The maximum Gasteiger partial charge on any atom is 0.270 e. The number of non-ortho nitro benzene ring substituents is 1. The van der Waals surface area contributed by atoms with Crippen LogP contribution in [0.1, 0.15) is 10.7 Å². The van der Waals surface area contributed by atoms with Gasteiger partial charge in [-0.1, -0.05) is 24.3 Å². The number of nitrogens with two attached hydrogens (primary N) is 1. The van der Waals surface area contributed by atoms with E-state index in [1.54, 1.807) is 30.3 Å². The summed E-state index contributed by atoms with van der Waals surface area (Å²) < 4.78 is 0. The molecule has 3 rings (SSSR count). The van der Waals surface area contributed by atoms with Crippen LogP contribution in [0.25, 0.3) is 11.1 Å². The molecule has 7 nitrogen and oxygen atoms in total. The number of anilines is 1. The SMILES string of the molecule is NCc1nc(CC(=O)Nc2cccc(-c3cccc([N+](=O)[O-])c3)c2)cs1. The standard InChI is InChI=1S/C18H16N4O3S/c19-10-18-21-15(11-26-18)9-17(23)20-14-5-1-3-12(7-14)13-4-2-6-16(8-13)22(24)25/h1-8,11H,9-10,19H2,(H,20,23). The van der Waals surface area contributed by atoms with Gasteiger partial charge in [0.25, 0.3) is 5.69 Å². The van der Waals surface area contributed by atoms with Gasteiger partial charge >= 0.3 is 0 Å². The van der Waals surface area contributed by atoms with E-state index in [0.29, 0.717) is 23.5 Å². The Morgan fingerprint density at radius 2 is 1.92 bits per heavy atom. The van der Waals surface area contributed by atoms with Crippen molar-refractivity contribution in [3.8, 4) is 11.1 Å². The van der Waals surface area contributed by atoms with Gasteiger partial charge in [0.1, 0.15) is 5.01 Å². The number of nitrogens with one attached hydrogen (secondary N) is 1. The van der Waals surface area contributed by atoms with Gasteiger partial charge in [0.15, 0.2) is 0 Å². The van der Waals surface area contributed by atoms with Crippen LogP contribution in [0.5, 0.6) is 0 Å². The lowest BCUT2D eigenvalue weighted by atomic mass is 10.0. The molecule has 0 atom stereocenters. The van der Waals surface area contributed by atoms with E-state index < -0.39 is 4.92 Å². The highest BCUT2D eigenvalue weighted by molar-refractivity contribution is 7.09. The van der Waals surface area contributed by atoms with Gasteiger partial charge in [0.05, 0.1) is 17.0 Å². The van der Waals surface area contributed by atoms with E-state index in [4.69, 9.17) is 5.73 Å². The van der Waals surface area contributed by atoms with Crippen LogP contribution < -0.4 is 11.1 Å². The van der Waals surface area contributed by atoms with Gasteiger partial charge in [-0.3, -0.25) is 14.9 Å². The number of thiazole rings is 1. The molecule has 1 aromatic heterocycles. The molecule has 0 spiro atoms. The van der Waals surface area contributed by atoms with Gasteiger partial charge in [-0.05, 0) is 23.3 Å². The molecule has 8 heteroatoms. The quantitative estimate of drug-likeness (QED) is 0.512. The third-order valence-corrected chi connectivity index (χ3v) is 4.57. The molecule has 0 saturated heterocycles. The third-order valence-electron chi connectivity index (χ3n) is 3.65. The normalized spacial score (nSPS) is 10.5. The smallest absolute Gasteiger partial charge is 0.270 e. The Morgan fingerprint density at radius 1 is 1.19 bits per heavy atom. The van der Waals surface area contributed by atoms with Gasteiger partial charge in [-0.2, -0.15) is 0 Å². The fraction of sp³-hybridized carbons (Fsp3) is 0.111. The second-order valence-corrected chi connectivity index (χ2v) is 6.49. The minimum Gasteiger partial charge on any atom is -0.326 e. The highest BCUT2D eigenvalue weighted by Gasteiger charge is 2.10. The lowest BCUT2D eigenvalue weighted by Crippen LogP contribution is -2.14. The van der Waals surface area contributed by atoms with Crippen LogP contribution in [-0.2, 0) is 17.8 Å². The number of carbonyl (C=O) groups excluding carboxylic acids is 1. The predicted octanol–water partition coefficient (Wildman–Crippen LogP) is 3.36. The van der Waals surface area contributed by atoms with Crippen LogP contribution >= 0.6 is 11.3 Å². The average Bonchev–Trinajstić information content (AvgIpc) is 3.09. The van der Waals surface area contributed by atoms with Crippen molar-refractivity contribution in [1.82, 2.24) is 4.98 Å². The highest BCUT2D eigenvalue weighted by Crippen LogP contribution is 2.26. The fourth-order valence-corrected chi connectivity index (χ4v) is 3.14. The van der Waals surface area contributed by atoms with E-state index in [0.717, 1.165) is 10.6 Å². The first-order chi connectivity index (χ1) is 12.5. The highest BCUT2D eigenvalue weighted by atomic mass is 32.1. The molecule has 0 aliphatic carbocycles.